The molecule has 1 aromatic heterocycles. The quantitative estimate of drug-likeness (QED) is 0.629. The molecule has 1 aliphatic rings. The van der Waals surface area contributed by atoms with Gasteiger partial charge in [0.25, 0.3) is 11.8 Å². The number of benzene rings is 1. The van der Waals surface area contributed by atoms with E-state index in [1.54, 1.807) is 6.92 Å². The number of aromatic nitrogens is 2. The highest BCUT2D eigenvalue weighted by Crippen LogP contribution is 2.26. The fraction of sp³-hybridized carbons (Fsp3) is 0.133. The summed E-state index contributed by atoms with van der Waals surface area (Å²) in [4.78, 5) is 44.8. The fourth-order valence-electron chi connectivity index (χ4n) is 2.15. The van der Waals surface area contributed by atoms with E-state index in [1.165, 1.54) is 36.7 Å². The molecule has 1 aromatic carbocycles. The Morgan fingerprint density at radius 3 is 2.09 bits per heavy atom. The lowest BCUT2D eigenvalue weighted by molar-refractivity contribution is 0.0526. The van der Waals surface area contributed by atoms with E-state index < -0.39 is 17.8 Å². The maximum absolute atomic E-state index is 12.2. The number of carbonyl (C=O) groups excluding carboxylic acids is 3. The van der Waals surface area contributed by atoms with Gasteiger partial charge < -0.3 is 4.74 Å². The van der Waals surface area contributed by atoms with Gasteiger partial charge >= 0.3 is 5.97 Å². The van der Waals surface area contributed by atoms with Crippen molar-refractivity contribution in [3.05, 3.63) is 53.6 Å². The highest BCUT2D eigenvalue weighted by Gasteiger charge is 2.39. The van der Waals surface area contributed by atoms with Gasteiger partial charge in [0.05, 0.1) is 17.9 Å². The van der Waals surface area contributed by atoms with Crippen molar-refractivity contribution < 1.29 is 19.1 Å². The number of imide groups is 1. The molecule has 0 fully saturated rings. The number of hydrogen-bond acceptors (Lipinski definition) is 6. The van der Waals surface area contributed by atoms with Gasteiger partial charge in [0.1, 0.15) is 0 Å². The second kappa shape index (κ2) is 5.36. The molecule has 0 atom stereocenters. The van der Waals surface area contributed by atoms with Gasteiger partial charge in [0, 0.05) is 12.4 Å². The van der Waals surface area contributed by atoms with Gasteiger partial charge in [-0.1, -0.05) is 0 Å². The largest absolute Gasteiger partial charge is 0.462 e. The Kier molecular flexibility index (Phi) is 3.38. The maximum atomic E-state index is 12.2. The molecule has 7 heteroatoms. The number of fused-ring (bicyclic) bond motifs is 1. The van der Waals surface area contributed by atoms with Crippen LogP contribution in [-0.2, 0) is 4.74 Å². The third kappa shape index (κ3) is 2.12. The Balaban J connectivity index is 1.92. The molecule has 110 valence electrons. The Labute approximate surface area is 125 Å². The average molecular weight is 297 g/mol. The SMILES string of the molecule is CCOC(=O)c1ccc(N2C(=O)c3nccnc3C2=O)cc1. The number of ether oxygens (including phenoxy) is 1. The minimum atomic E-state index is -0.531. The molecule has 0 aliphatic carbocycles. The number of carbonyl (C=O) groups is 3. The molecule has 0 saturated carbocycles. The summed E-state index contributed by atoms with van der Waals surface area (Å²) < 4.78 is 4.88. The molecule has 0 unspecified atom stereocenters. The summed E-state index contributed by atoms with van der Waals surface area (Å²) in [5.74, 6) is -1.52. The first kappa shape index (κ1) is 13.9. The smallest absolute Gasteiger partial charge is 0.338 e. The van der Waals surface area contributed by atoms with Crippen LogP contribution in [0.2, 0.25) is 0 Å². The number of nitrogens with zero attached hydrogens (tertiary/aromatic N) is 3. The Bertz CT molecular complexity index is 736. The van der Waals surface area contributed by atoms with Crippen molar-refractivity contribution in [2.24, 2.45) is 0 Å². The highest BCUT2D eigenvalue weighted by atomic mass is 16.5. The van der Waals surface area contributed by atoms with Crippen LogP contribution in [0.25, 0.3) is 0 Å². The molecule has 7 nitrogen and oxygen atoms in total. The second-order valence-corrected chi connectivity index (χ2v) is 4.47. The molecule has 1 aliphatic heterocycles. The monoisotopic (exact) mass is 297 g/mol. The Hall–Kier alpha value is -3.09. The molecule has 0 N–H and O–H groups in total. The predicted molar refractivity (Wildman–Crippen MR) is 75.6 cm³/mol. The van der Waals surface area contributed by atoms with Crippen LogP contribution in [0, 0.1) is 0 Å². The number of amides is 2. The summed E-state index contributed by atoms with van der Waals surface area (Å²) in [6, 6.07) is 6.01. The lowest BCUT2D eigenvalue weighted by Gasteiger charge is -2.13. The topological polar surface area (TPSA) is 89.5 Å². The Morgan fingerprint density at radius 2 is 1.59 bits per heavy atom. The van der Waals surface area contributed by atoms with Crippen LogP contribution >= 0.6 is 0 Å². The van der Waals surface area contributed by atoms with Gasteiger partial charge in [0.2, 0.25) is 0 Å². The van der Waals surface area contributed by atoms with Crippen LogP contribution in [0.15, 0.2) is 36.7 Å². The first-order chi connectivity index (χ1) is 10.6. The van der Waals surface area contributed by atoms with Crippen LogP contribution in [0.5, 0.6) is 0 Å². The third-order valence-electron chi connectivity index (χ3n) is 3.15. The standard InChI is InChI=1S/C15H11N3O4/c1-2-22-15(21)9-3-5-10(6-4-9)18-13(19)11-12(14(18)20)17-8-7-16-11/h3-8H,2H2,1H3. The molecule has 0 saturated heterocycles. The van der Waals surface area contributed by atoms with Crippen molar-refractivity contribution >= 4 is 23.5 Å². The molecular weight excluding hydrogens is 286 g/mol. The van der Waals surface area contributed by atoms with Crippen LogP contribution in [0.4, 0.5) is 5.69 Å². The van der Waals surface area contributed by atoms with E-state index in [0.717, 1.165) is 4.90 Å². The van der Waals surface area contributed by atoms with E-state index in [0.29, 0.717) is 11.3 Å². The minimum absolute atomic E-state index is 0.0296. The summed E-state index contributed by atoms with van der Waals surface area (Å²) in [5.41, 5.74) is 0.755. The average Bonchev–Trinajstić information content (AvgIpc) is 2.80. The van der Waals surface area contributed by atoms with Crippen molar-refractivity contribution in [2.75, 3.05) is 11.5 Å². The Morgan fingerprint density at radius 1 is 1.05 bits per heavy atom. The highest BCUT2D eigenvalue weighted by molar-refractivity contribution is 6.33. The van der Waals surface area contributed by atoms with Crippen molar-refractivity contribution in [3.63, 3.8) is 0 Å². The first-order valence-corrected chi connectivity index (χ1v) is 6.60. The van der Waals surface area contributed by atoms with Gasteiger partial charge in [0.15, 0.2) is 11.4 Å². The van der Waals surface area contributed by atoms with Gasteiger partial charge in [-0.25, -0.2) is 19.7 Å². The van der Waals surface area contributed by atoms with Crippen molar-refractivity contribution in [3.8, 4) is 0 Å². The van der Waals surface area contributed by atoms with Crippen molar-refractivity contribution in [1.29, 1.82) is 0 Å². The molecule has 0 bridgehead atoms. The summed E-state index contributed by atoms with van der Waals surface area (Å²) in [5, 5.41) is 0. The zero-order chi connectivity index (χ0) is 15.7. The van der Waals surface area contributed by atoms with Crippen LogP contribution < -0.4 is 4.90 Å². The minimum Gasteiger partial charge on any atom is -0.462 e. The van der Waals surface area contributed by atoms with E-state index >= 15 is 0 Å². The zero-order valence-corrected chi connectivity index (χ0v) is 11.6. The lowest BCUT2D eigenvalue weighted by atomic mass is 10.2. The number of rotatable bonds is 3. The van der Waals surface area contributed by atoms with Crippen LogP contribution in [-0.4, -0.2) is 34.4 Å². The number of esters is 1. The summed E-state index contributed by atoms with van der Waals surface area (Å²) in [6.07, 6.45) is 2.72. The molecule has 0 spiro atoms. The summed E-state index contributed by atoms with van der Waals surface area (Å²) in [6.45, 7) is 1.99. The summed E-state index contributed by atoms with van der Waals surface area (Å²) in [7, 11) is 0. The maximum Gasteiger partial charge on any atom is 0.338 e. The first-order valence-electron chi connectivity index (χ1n) is 6.60. The number of anilines is 1. The lowest BCUT2D eigenvalue weighted by Crippen LogP contribution is -2.29. The van der Waals surface area contributed by atoms with Gasteiger partial charge in [-0.15, -0.1) is 0 Å². The normalized spacial score (nSPS) is 13.2. The molecule has 2 heterocycles. The molecule has 0 radical (unpaired) electrons. The molecular formula is C15H11N3O4. The molecule has 3 rings (SSSR count). The van der Waals surface area contributed by atoms with Crippen LogP contribution in [0.3, 0.4) is 0 Å². The van der Waals surface area contributed by atoms with E-state index in [9.17, 15) is 14.4 Å². The van der Waals surface area contributed by atoms with Gasteiger partial charge in [-0.2, -0.15) is 0 Å². The van der Waals surface area contributed by atoms with E-state index in [-0.39, 0.29) is 18.0 Å². The molecule has 22 heavy (non-hydrogen) atoms. The predicted octanol–water partition coefficient (Wildman–Crippen LogP) is 1.45. The van der Waals surface area contributed by atoms with Gasteiger partial charge in [-0.05, 0) is 31.2 Å². The van der Waals surface area contributed by atoms with Crippen LogP contribution in [0.1, 0.15) is 38.3 Å². The van der Waals surface area contributed by atoms with Crippen molar-refractivity contribution in [2.45, 2.75) is 6.92 Å². The molecule has 2 amide bonds. The van der Waals surface area contributed by atoms with E-state index in [1.807, 2.05) is 0 Å². The second-order valence-electron chi connectivity index (χ2n) is 4.47. The van der Waals surface area contributed by atoms with E-state index in [2.05, 4.69) is 9.97 Å². The van der Waals surface area contributed by atoms with Gasteiger partial charge in [-0.3, -0.25) is 9.59 Å². The molecule has 2 aromatic rings. The van der Waals surface area contributed by atoms with Crippen molar-refractivity contribution in [1.82, 2.24) is 9.97 Å². The zero-order valence-electron chi connectivity index (χ0n) is 11.6. The van der Waals surface area contributed by atoms with E-state index in [4.69, 9.17) is 4.74 Å². The fourth-order valence-corrected chi connectivity index (χ4v) is 2.15. The third-order valence-corrected chi connectivity index (χ3v) is 3.15. The number of hydrogen-bond donors (Lipinski definition) is 0. The summed E-state index contributed by atoms with van der Waals surface area (Å²) >= 11 is 0.